The average Bonchev–Trinajstić information content (AvgIpc) is 2.42. The van der Waals surface area contributed by atoms with Gasteiger partial charge in [0.15, 0.2) is 0 Å². The summed E-state index contributed by atoms with van der Waals surface area (Å²) >= 11 is 3.42. The molecule has 0 aliphatic carbocycles. The van der Waals surface area contributed by atoms with Crippen LogP contribution in [0.4, 0.5) is 0 Å². The van der Waals surface area contributed by atoms with Crippen LogP contribution in [0.1, 0.15) is 18.9 Å². The zero-order valence-corrected chi connectivity index (χ0v) is 13.3. The second-order valence-corrected chi connectivity index (χ2v) is 6.12. The van der Waals surface area contributed by atoms with Crippen molar-refractivity contribution in [1.82, 2.24) is 10.6 Å². The van der Waals surface area contributed by atoms with Gasteiger partial charge in [0.2, 0.25) is 5.91 Å². The van der Waals surface area contributed by atoms with Gasteiger partial charge in [0.25, 0.3) is 0 Å². The molecule has 1 fully saturated rings. The van der Waals surface area contributed by atoms with Crippen LogP contribution in [0.5, 0.6) is 0 Å². The first kappa shape index (κ1) is 15.5. The van der Waals surface area contributed by atoms with Gasteiger partial charge in [0.05, 0.1) is 19.1 Å². The average molecular weight is 341 g/mol. The van der Waals surface area contributed by atoms with Crippen LogP contribution in [0, 0.1) is 0 Å². The van der Waals surface area contributed by atoms with Crippen molar-refractivity contribution >= 4 is 21.8 Å². The molecule has 1 heterocycles. The number of nitrogens with one attached hydrogen (secondary N) is 2. The molecule has 110 valence electrons. The van der Waals surface area contributed by atoms with Crippen molar-refractivity contribution in [2.75, 3.05) is 19.7 Å². The summed E-state index contributed by atoms with van der Waals surface area (Å²) in [5.41, 5.74) is 1.22. The molecule has 1 aliphatic heterocycles. The first-order valence-corrected chi connectivity index (χ1v) is 7.79. The number of hydrogen-bond donors (Lipinski definition) is 2. The molecule has 0 bridgehead atoms. The predicted octanol–water partition coefficient (Wildman–Crippen LogP) is 1.87. The summed E-state index contributed by atoms with van der Waals surface area (Å²) in [5.74, 6) is 0.0586. The highest BCUT2D eigenvalue weighted by Crippen LogP contribution is 2.12. The molecule has 0 radical (unpaired) electrons. The highest BCUT2D eigenvalue weighted by Gasteiger charge is 2.18. The van der Waals surface area contributed by atoms with Gasteiger partial charge in [-0.15, -0.1) is 0 Å². The van der Waals surface area contributed by atoms with Crippen molar-refractivity contribution in [3.8, 4) is 0 Å². The number of hydrogen-bond acceptors (Lipinski definition) is 3. The minimum atomic E-state index is 0.00336. The van der Waals surface area contributed by atoms with E-state index < -0.39 is 0 Å². The molecular formula is C15H21BrN2O2. The Hall–Kier alpha value is -0.910. The Morgan fingerprint density at radius 2 is 2.25 bits per heavy atom. The van der Waals surface area contributed by atoms with E-state index in [1.54, 1.807) is 0 Å². The van der Waals surface area contributed by atoms with E-state index in [1.807, 2.05) is 19.1 Å². The van der Waals surface area contributed by atoms with Gasteiger partial charge in [-0.2, -0.15) is 0 Å². The largest absolute Gasteiger partial charge is 0.375 e. The second kappa shape index (κ2) is 7.76. The topological polar surface area (TPSA) is 50.4 Å². The maximum atomic E-state index is 11.9. The zero-order chi connectivity index (χ0) is 14.4. The van der Waals surface area contributed by atoms with E-state index in [2.05, 4.69) is 38.7 Å². The van der Waals surface area contributed by atoms with Crippen molar-refractivity contribution in [3.63, 3.8) is 0 Å². The first-order chi connectivity index (χ1) is 9.63. The molecule has 0 saturated carbocycles. The molecular weight excluding hydrogens is 320 g/mol. The summed E-state index contributed by atoms with van der Waals surface area (Å²) in [6.07, 6.45) is 1.27. The van der Waals surface area contributed by atoms with Gasteiger partial charge in [0, 0.05) is 23.6 Å². The SMILES string of the molecule is CC(Cc1ccc(Br)cc1)NC(=O)CC1CNCCO1. The molecule has 1 amide bonds. The minimum Gasteiger partial charge on any atom is -0.375 e. The Labute approximate surface area is 128 Å². The van der Waals surface area contributed by atoms with Crippen molar-refractivity contribution in [2.24, 2.45) is 0 Å². The molecule has 0 spiro atoms. The lowest BCUT2D eigenvalue weighted by molar-refractivity contribution is -0.125. The van der Waals surface area contributed by atoms with Gasteiger partial charge in [-0.25, -0.2) is 0 Å². The highest BCUT2D eigenvalue weighted by atomic mass is 79.9. The summed E-state index contributed by atoms with van der Waals surface area (Å²) in [4.78, 5) is 11.9. The van der Waals surface area contributed by atoms with Gasteiger partial charge < -0.3 is 15.4 Å². The number of carbonyl (C=O) groups excluding carboxylic acids is 1. The fourth-order valence-electron chi connectivity index (χ4n) is 2.32. The molecule has 1 saturated heterocycles. The number of halogens is 1. The number of amides is 1. The van der Waals surface area contributed by atoms with Crippen molar-refractivity contribution < 1.29 is 9.53 Å². The van der Waals surface area contributed by atoms with E-state index in [-0.39, 0.29) is 18.1 Å². The molecule has 4 nitrogen and oxygen atoms in total. The summed E-state index contributed by atoms with van der Waals surface area (Å²) in [6.45, 7) is 4.35. The Morgan fingerprint density at radius 1 is 1.50 bits per heavy atom. The molecule has 1 aliphatic rings. The van der Waals surface area contributed by atoms with Crippen LogP contribution in [0.3, 0.4) is 0 Å². The lowest BCUT2D eigenvalue weighted by Gasteiger charge is -2.24. The molecule has 20 heavy (non-hydrogen) atoms. The fraction of sp³-hybridized carbons (Fsp3) is 0.533. The van der Waals surface area contributed by atoms with Crippen LogP contribution in [0.15, 0.2) is 28.7 Å². The van der Waals surface area contributed by atoms with Gasteiger partial charge >= 0.3 is 0 Å². The normalized spacial score (nSPS) is 20.4. The number of morpholine rings is 1. The number of ether oxygens (including phenoxy) is 1. The van der Waals surface area contributed by atoms with Crippen molar-refractivity contribution in [2.45, 2.75) is 31.9 Å². The Balaban J connectivity index is 1.74. The molecule has 1 aromatic rings. The van der Waals surface area contributed by atoms with E-state index in [4.69, 9.17) is 4.74 Å². The summed E-state index contributed by atoms with van der Waals surface area (Å²) in [6, 6.07) is 8.30. The van der Waals surface area contributed by atoms with Crippen LogP contribution in [0.25, 0.3) is 0 Å². The molecule has 5 heteroatoms. The zero-order valence-electron chi connectivity index (χ0n) is 11.7. The third-order valence-electron chi connectivity index (χ3n) is 3.28. The molecule has 2 atom stereocenters. The highest BCUT2D eigenvalue weighted by molar-refractivity contribution is 9.10. The predicted molar refractivity (Wildman–Crippen MR) is 82.7 cm³/mol. The van der Waals surface area contributed by atoms with Crippen LogP contribution in [-0.2, 0) is 16.0 Å². The van der Waals surface area contributed by atoms with Crippen LogP contribution >= 0.6 is 15.9 Å². The molecule has 0 aromatic heterocycles. The third-order valence-corrected chi connectivity index (χ3v) is 3.81. The van der Waals surface area contributed by atoms with Gasteiger partial charge in [-0.3, -0.25) is 4.79 Å². The van der Waals surface area contributed by atoms with Crippen LogP contribution in [-0.4, -0.2) is 37.7 Å². The van der Waals surface area contributed by atoms with Gasteiger partial charge in [-0.1, -0.05) is 28.1 Å². The van der Waals surface area contributed by atoms with Crippen molar-refractivity contribution in [3.05, 3.63) is 34.3 Å². The maximum absolute atomic E-state index is 11.9. The Kier molecular flexibility index (Phi) is 6.01. The smallest absolute Gasteiger partial charge is 0.222 e. The quantitative estimate of drug-likeness (QED) is 0.860. The van der Waals surface area contributed by atoms with E-state index in [0.29, 0.717) is 13.0 Å². The van der Waals surface area contributed by atoms with E-state index in [0.717, 1.165) is 24.0 Å². The fourth-order valence-corrected chi connectivity index (χ4v) is 2.58. The number of benzene rings is 1. The monoisotopic (exact) mass is 340 g/mol. The lowest BCUT2D eigenvalue weighted by Crippen LogP contribution is -2.43. The molecule has 2 rings (SSSR count). The van der Waals surface area contributed by atoms with Gasteiger partial charge in [-0.05, 0) is 31.0 Å². The van der Waals surface area contributed by atoms with E-state index in [9.17, 15) is 4.79 Å². The molecule has 2 N–H and O–H groups in total. The third kappa shape index (κ3) is 5.23. The van der Waals surface area contributed by atoms with Crippen LogP contribution < -0.4 is 10.6 Å². The number of rotatable bonds is 5. The minimum absolute atomic E-state index is 0.00336. The summed E-state index contributed by atoms with van der Waals surface area (Å²) in [7, 11) is 0. The first-order valence-electron chi connectivity index (χ1n) is 6.99. The maximum Gasteiger partial charge on any atom is 0.222 e. The van der Waals surface area contributed by atoms with Crippen LogP contribution in [0.2, 0.25) is 0 Å². The van der Waals surface area contributed by atoms with Gasteiger partial charge in [0.1, 0.15) is 0 Å². The van der Waals surface area contributed by atoms with E-state index in [1.165, 1.54) is 5.56 Å². The van der Waals surface area contributed by atoms with Crippen molar-refractivity contribution in [1.29, 1.82) is 0 Å². The number of carbonyl (C=O) groups is 1. The Bertz CT molecular complexity index is 430. The Morgan fingerprint density at radius 3 is 2.90 bits per heavy atom. The summed E-state index contributed by atoms with van der Waals surface area (Å²) in [5, 5.41) is 6.26. The second-order valence-electron chi connectivity index (χ2n) is 5.20. The lowest BCUT2D eigenvalue weighted by atomic mass is 10.1. The summed E-state index contributed by atoms with van der Waals surface area (Å²) < 4.78 is 6.60. The van der Waals surface area contributed by atoms with E-state index >= 15 is 0 Å². The molecule has 1 aromatic carbocycles. The standard InChI is InChI=1S/C15H21BrN2O2/c1-11(8-12-2-4-13(16)5-3-12)18-15(19)9-14-10-17-6-7-20-14/h2-5,11,14,17H,6-10H2,1H3,(H,18,19). The molecule has 2 unspecified atom stereocenters.